The van der Waals surface area contributed by atoms with Gasteiger partial charge < -0.3 is 10.3 Å². The molecule has 5 heteroatoms. The first kappa shape index (κ1) is 13.8. The van der Waals surface area contributed by atoms with Crippen LogP contribution in [0.5, 0.6) is 0 Å². The van der Waals surface area contributed by atoms with Crippen molar-refractivity contribution in [1.29, 1.82) is 0 Å². The van der Waals surface area contributed by atoms with E-state index in [4.69, 9.17) is 5.73 Å². The van der Waals surface area contributed by atoms with Gasteiger partial charge in [0.2, 0.25) is 0 Å². The van der Waals surface area contributed by atoms with Gasteiger partial charge in [0.25, 0.3) is 5.56 Å². The summed E-state index contributed by atoms with van der Waals surface area (Å²) in [7, 11) is 0. The minimum absolute atomic E-state index is 0.0947. The van der Waals surface area contributed by atoms with E-state index in [1.807, 2.05) is 37.3 Å². The number of nitrogens with two attached hydrogens (primary N) is 1. The highest BCUT2D eigenvalue weighted by Crippen LogP contribution is 2.19. The van der Waals surface area contributed by atoms with E-state index in [0.29, 0.717) is 16.7 Å². The first-order valence-electron chi connectivity index (χ1n) is 6.55. The third-order valence-corrected chi connectivity index (χ3v) is 3.90. The van der Waals surface area contributed by atoms with Crippen molar-refractivity contribution in [3.63, 3.8) is 0 Å². The van der Waals surface area contributed by atoms with Crippen molar-refractivity contribution in [2.75, 3.05) is 5.73 Å². The Balaban J connectivity index is 2.17. The molecule has 21 heavy (non-hydrogen) atoms. The van der Waals surface area contributed by atoms with Crippen LogP contribution in [0.25, 0.3) is 10.9 Å². The first-order valence-corrected chi connectivity index (χ1v) is 7.34. The third kappa shape index (κ3) is 2.69. The van der Waals surface area contributed by atoms with Crippen LogP contribution >= 0.6 is 15.9 Å². The van der Waals surface area contributed by atoms with Gasteiger partial charge in [0.15, 0.2) is 0 Å². The predicted molar refractivity (Wildman–Crippen MR) is 88.4 cm³/mol. The number of hydrogen-bond acceptors (Lipinski definition) is 3. The van der Waals surface area contributed by atoms with Gasteiger partial charge in [-0.15, -0.1) is 0 Å². The van der Waals surface area contributed by atoms with Gasteiger partial charge in [-0.1, -0.05) is 18.2 Å². The second-order valence-electron chi connectivity index (χ2n) is 4.99. The summed E-state index contributed by atoms with van der Waals surface area (Å²) in [5, 5.41) is 1.05. The lowest BCUT2D eigenvalue weighted by atomic mass is 10.1. The van der Waals surface area contributed by atoms with Crippen molar-refractivity contribution >= 4 is 32.5 Å². The van der Waals surface area contributed by atoms with Gasteiger partial charge >= 0.3 is 0 Å². The largest absolute Gasteiger partial charge is 0.398 e. The van der Waals surface area contributed by atoms with Crippen molar-refractivity contribution < 1.29 is 0 Å². The molecule has 0 aliphatic carbocycles. The maximum atomic E-state index is 12.2. The molecular formula is C16H14BrN3O. The molecule has 0 spiro atoms. The zero-order valence-corrected chi connectivity index (χ0v) is 13.1. The Morgan fingerprint density at radius 2 is 2.05 bits per heavy atom. The molecular weight excluding hydrogens is 330 g/mol. The molecule has 2 N–H and O–H groups in total. The molecule has 1 aromatic carbocycles. The maximum absolute atomic E-state index is 12.2. The Morgan fingerprint density at radius 1 is 1.29 bits per heavy atom. The number of anilines is 1. The van der Waals surface area contributed by atoms with Gasteiger partial charge in [-0.2, -0.15) is 0 Å². The zero-order chi connectivity index (χ0) is 15.0. The summed E-state index contributed by atoms with van der Waals surface area (Å²) in [5.74, 6) is 0. The number of benzene rings is 1. The lowest BCUT2D eigenvalue weighted by Gasteiger charge is -2.11. The van der Waals surface area contributed by atoms with Crippen LogP contribution in [0.3, 0.4) is 0 Å². The maximum Gasteiger partial charge on any atom is 0.265 e. The van der Waals surface area contributed by atoms with E-state index >= 15 is 0 Å². The SMILES string of the molecule is Cc1cc(Cn2cc(N)cc(Br)c2=O)c2ccccc2n1. The molecule has 0 saturated heterocycles. The number of nitrogens with zero attached hydrogens (tertiary/aromatic N) is 2. The normalized spacial score (nSPS) is 11.0. The minimum atomic E-state index is -0.0947. The summed E-state index contributed by atoms with van der Waals surface area (Å²) in [6.07, 6.45) is 1.66. The van der Waals surface area contributed by atoms with Gasteiger partial charge in [-0.3, -0.25) is 9.78 Å². The topological polar surface area (TPSA) is 60.9 Å². The number of halogens is 1. The highest BCUT2D eigenvalue weighted by atomic mass is 79.9. The van der Waals surface area contributed by atoms with Crippen molar-refractivity contribution in [2.45, 2.75) is 13.5 Å². The number of nitrogen functional groups attached to an aromatic ring is 1. The quantitative estimate of drug-likeness (QED) is 0.777. The number of pyridine rings is 2. The smallest absolute Gasteiger partial charge is 0.265 e. The van der Waals surface area contributed by atoms with Crippen molar-refractivity contribution in [2.24, 2.45) is 0 Å². The summed E-state index contributed by atoms with van der Waals surface area (Å²) in [5.41, 5.74) is 9.20. The third-order valence-electron chi connectivity index (χ3n) is 3.33. The monoisotopic (exact) mass is 343 g/mol. The molecule has 0 unspecified atom stereocenters. The van der Waals surface area contributed by atoms with Crippen LogP contribution in [0, 0.1) is 6.92 Å². The van der Waals surface area contributed by atoms with E-state index in [0.717, 1.165) is 22.2 Å². The number of para-hydroxylation sites is 1. The summed E-state index contributed by atoms with van der Waals surface area (Å²) >= 11 is 3.25. The second-order valence-corrected chi connectivity index (χ2v) is 5.85. The molecule has 4 nitrogen and oxygen atoms in total. The molecule has 0 amide bonds. The average Bonchev–Trinajstić information content (AvgIpc) is 2.44. The average molecular weight is 344 g/mol. The fraction of sp³-hybridized carbons (Fsp3) is 0.125. The lowest BCUT2D eigenvalue weighted by molar-refractivity contribution is 0.760. The molecule has 0 radical (unpaired) electrons. The van der Waals surface area contributed by atoms with Gasteiger partial charge in [-0.05, 0) is 46.6 Å². The molecule has 0 aliphatic heterocycles. The molecule has 3 rings (SSSR count). The van der Waals surface area contributed by atoms with Crippen LogP contribution in [0.1, 0.15) is 11.3 Å². The fourth-order valence-electron chi connectivity index (χ4n) is 2.45. The number of aryl methyl sites for hydroxylation is 1. The number of aromatic nitrogens is 2. The van der Waals surface area contributed by atoms with Crippen LogP contribution in [-0.4, -0.2) is 9.55 Å². The second kappa shape index (κ2) is 5.33. The van der Waals surface area contributed by atoms with E-state index in [-0.39, 0.29) is 5.56 Å². The zero-order valence-electron chi connectivity index (χ0n) is 11.5. The van der Waals surface area contributed by atoms with Crippen LogP contribution < -0.4 is 11.3 Å². The summed E-state index contributed by atoms with van der Waals surface area (Å²) in [6, 6.07) is 11.6. The molecule has 0 fully saturated rings. The fourth-order valence-corrected chi connectivity index (χ4v) is 2.94. The highest BCUT2D eigenvalue weighted by Gasteiger charge is 2.08. The number of fused-ring (bicyclic) bond motifs is 1. The standard InChI is InChI=1S/C16H14BrN3O/c1-10-6-11(13-4-2-3-5-15(13)19-10)8-20-9-12(18)7-14(17)16(20)21/h2-7,9H,8,18H2,1H3. The Kier molecular flexibility index (Phi) is 3.51. The van der Waals surface area contributed by atoms with E-state index in [1.165, 1.54) is 0 Å². The van der Waals surface area contributed by atoms with Gasteiger partial charge in [0.1, 0.15) is 0 Å². The summed E-state index contributed by atoms with van der Waals surface area (Å²) < 4.78 is 2.08. The molecule has 3 aromatic rings. The van der Waals surface area contributed by atoms with E-state index in [2.05, 4.69) is 20.9 Å². The molecule has 0 atom stereocenters. The summed E-state index contributed by atoms with van der Waals surface area (Å²) in [4.78, 5) is 16.7. The Morgan fingerprint density at radius 3 is 2.86 bits per heavy atom. The predicted octanol–water partition coefficient (Wildman–Crippen LogP) is 3.10. The molecule has 0 bridgehead atoms. The molecule has 2 aromatic heterocycles. The number of hydrogen-bond donors (Lipinski definition) is 1. The molecule has 0 saturated carbocycles. The highest BCUT2D eigenvalue weighted by molar-refractivity contribution is 9.10. The van der Waals surface area contributed by atoms with Crippen molar-refractivity contribution in [3.05, 3.63) is 68.7 Å². The van der Waals surface area contributed by atoms with Gasteiger partial charge in [0.05, 0.1) is 16.5 Å². The van der Waals surface area contributed by atoms with Crippen molar-refractivity contribution in [3.8, 4) is 0 Å². The van der Waals surface area contributed by atoms with Crippen LogP contribution in [0.4, 0.5) is 5.69 Å². The van der Waals surface area contributed by atoms with Crippen LogP contribution in [0.15, 0.2) is 51.9 Å². The molecule has 106 valence electrons. The lowest BCUT2D eigenvalue weighted by Crippen LogP contribution is -2.21. The minimum Gasteiger partial charge on any atom is -0.398 e. The van der Waals surface area contributed by atoms with Crippen LogP contribution in [0.2, 0.25) is 0 Å². The Bertz CT molecular complexity index is 886. The number of rotatable bonds is 2. The van der Waals surface area contributed by atoms with Crippen LogP contribution in [-0.2, 0) is 6.54 Å². The van der Waals surface area contributed by atoms with E-state index < -0.39 is 0 Å². The molecule has 0 aliphatic rings. The Hall–Kier alpha value is -2.14. The van der Waals surface area contributed by atoms with E-state index in [9.17, 15) is 4.79 Å². The van der Waals surface area contributed by atoms with Crippen molar-refractivity contribution in [1.82, 2.24) is 9.55 Å². The van der Waals surface area contributed by atoms with Gasteiger partial charge in [0, 0.05) is 23.0 Å². The first-order chi connectivity index (χ1) is 10.0. The summed E-state index contributed by atoms with van der Waals surface area (Å²) in [6.45, 7) is 2.42. The molecule has 2 heterocycles. The van der Waals surface area contributed by atoms with Gasteiger partial charge in [-0.25, -0.2) is 0 Å². The Labute approximate surface area is 130 Å². The van der Waals surface area contributed by atoms with E-state index in [1.54, 1.807) is 16.8 Å².